The molecule has 2 aromatic heterocycles. The summed E-state index contributed by atoms with van der Waals surface area (Å²) in [5, 5.41) is 9.22. The van der Waals surface area contributed by atoms with Crippen LogP contribution in [-0.2, 0) is 27.2 Å². The van der Waals surface area contributed by atoms with Crippen molar-refractivity contribution in [2.24, 2.45) is 0 Å². The molecular weight excluding hydrogens is 352 g/mol. The molecule has 0 saturated carbocycles. The zero-order chi connectivity index (χ0) is 19.4. The summed E-state index contributed by atoms with van der Waals surface area (Å²) in [6, 6.07) is 1.60. The minimum Gasteiger partial charge on any atom is -0.383 e. The predicted octanol–water partition coefficient (Wildman–Crippen LogP) is -0.156. The summed E-state index contributed by atoms with van der Waals surface area (Å²) in [4.78, 5) is 43.5. The van der Waals surface area contributed by atoms with Crippen molar-refractivity contribution in [2.45, 2.75) is 32.6 Å². The second kappa shape index (κ2) is 8.12. The number of amides is 2. The van der Waals surface area contributed by atoms with Crippen molar-refractivity contribution >= 4 is 17.6 Å². The zero-order valence-electron chi connectivity index (χ0n) is 15.3. The predicted molar refractivity (Wildman–Crippen MR) is 96.9 cm³/mol. The fourth-order valence-corrected chi connectivity index (χ4v) is 2.96. The first-order valence-electron chi connectivity index (χ1n) is 8.77. The third-order valence-electron chi connectivity index (χ3n) is 4.25. The molecule has 3 rings (SSSR count). The molecule has 0 bridgehead atoms. The van der Waals surface area contributed by atoms with Crippen LogP contribution in [0.15, 0.2) is 10.9 Å². The first-order valence-corrected chi connectivity index (χ1v) is 8.77. The van der Waals surface area contributed by atoms with E-state index in [1.54, 1.807) is 13.0 Å². The summed E-state index contributed by atoms with van der Waals surface area (Å²) >= 11 is 0. The smallest absolute Gasteiger partial charge is 0.314 e. The Morgan fingerprint density at radius 1 is 1.30 bits per heavy atom. The highest BCUT2D eigenvalue weighted by Gasteiger charge is 2.20. The van der Waals surface area contributed by atoms with Gasteiger partial charge in [0.25, 0.3) is 5.56 Å². The lowest BCUT2D eigenvalue weighted by Gasteiger charge is -2.15. The van der Waals surface area contributed by atoms with Gasteiger partial charge in [-0.05, 0) is 32.6 Å². The topological polar surface area (TPSA) is 131 Å². The van der Waals surface area contributed by atoms with Gasteiger partial charge in [0.2, 0.25) is 5.95 Å². The largest absolute Gasteiger partial charge is 0.383 e. The maximum Gasteiger partial charge on any atom is 0.314 e. The third kappa shape index (κ3) is 4.22. The van der Waals surface area contributed by atoms with Gasteiger partial charge in [0, 0.05) is 25.3 Å². The Morgan fingerprint density at radius 2 is 2.07 bits per heavy atom. The average Bonchev–Trinajstić information content (AvgIpc) is 3.02. The molecule has 1 aliphatic rings. The lowest BCUT2D eigenvalue weighted by atomic mass is 9.97. The summed E-state index contributed by atoms with van der Waals surface area (Å²) in [7, 11) is 1.50. The summed E-state index contributed by atoms with van der Waals surface area (Å²) in [5.74, 6) is -1.17. The number of H-pyrrole nitrogens is 1. The van der Waals surface area contributed by atoms with Gasteiger partial charge in [-0.2, -0.15) is 9.78 Å². The summed E-state index contributed by atoms with van der Waals surface area (Å²) < 4.78 is 6.15. The molecule has 2 aromatic rings. The molecule has 2 heterocycles. The first-order chi connectivity index (χ1) is 13.0. The maximum atomic E-state index is 12.4. The number of hydrogen-bond acceptors (Lipinski definition) is 6. The number of hydrogen-bond donors (Lipinski definition) is 3. The van der Waals surface area contributed by atoms with Gasteiger partial charge in [-0.15, -0.1) is 0 Å². The van der Waals surface area contributed by atoms with Gasteiger partial charge < -0.3 is 15.4 Å². The van der Waals surface area contributed by atoms with Crippen molar-refractivity contribution in [1.82, 2.24) is 25.1 Å². The number of aromatic amines is 1. The van der Waals surface area contributed by atoms with Gasteiger partial charge in [0.05, 0.1) is 18.0 Å². The zero-order valence-corrected chi connectivity index (χ0v) is 15.3. The molecule has 0 saturated heterocycles. The molecule has 1 aliphatic carbocycles. The van der Waals surface area contributed by atoms with E-state index in [0.29, 0.717) is 24.3 Å². The van der Waals surface area contributed by atoms with E-state index >= 15 is 0 Å². The van der Waals surface area contributed by atoms with Crippen molar-refractivity contribution in [3.63, 3.8) is 0 Å². The Kier molecular flexibility index (Phi) is 5.65. The van der Waals surface area contributed by atoms with Crippen LogP contribution in [0.3, 0.4) is 0 Å². The Balaban J connectivity index is 1.84. The molecule has 0 spiro atoms. The highest BCUT2D eigenvalue weighted by atomic mass is 16.5. The number of nitrogens with zero attached hydrogens (tertiary/aromatic N) is 3. The molecule has 10 heteroatoms. The van der Waals surface area contributed by atoms with E-state index in [-0.39, 0.29) is 23.9 Å². The van der Waals surface area contributed by atoms with Crippen LogP contribution < -0.4 is 16.2 Å². The Labute approximate surface area is 155 Å². The van der Waals surface area contributed by atoms with Gasteiger partial charge in [-0.25, -0.2) is 4.98 Å². The lowest BCUT2D eigenvalue weighted by molar-refractivity contribution is -0.136. The molecule has 0 aromatic carbocycles. The minimum absolute atomic E-state index is 0.197. The number of aryl methyl sites for hydroxylation is 2. The second-order valence-corrected chi connectivity index (χ2v) is 6.31. The lowest BCUT2D eigenvalue weighted by Crippen LogP contribution is -2.37. The van der Waals surface area contributed by atoms with Crippen LogP contribution in [0, 0.1) is 6.92 Å². The van der Waals surface area contributed by atoms with Gasteiger partial charge in [-0.3, -0.25) is 19.4 Å². The van der Waals surface area contributed by atoms with E-state index in [4.69, 9.17) is 4.74 Å². The van der Waals surface area contributed by atoms with Crippen molar-refractivity contribution in [3.8, 4) is 5.95 Å². The van der Waals surface area contributed by atoms with Crippen LogP contribution in [0.2, 0.25) is 0 Å². The molecule has 0 unspecified atom stereocenters. The van der Waals surface area contributed by atoms with E-state index < -0.39 is 11.8 Å². The molecule has 2 amide bonds. The van der Waals surface area contributed by atoms with E-state index in [1.165, 1.54) is 11.8 Å². The molecule has 27 heavy (non-hydrogen) atoms. The van der Waals surface area contributed by atoms with Crippen LogP contribution in [0.5, 0.6) is 0 Å². The van der Waals surface area contributed by atoms with Crippen LogP contribution in [0.25, 0.3) is 5.95 Å². The molecule has 0 fully saturated rings. The minimum atomic E-state index is -0.840. The number of anilines is 1. The number of methoxy groups -OCH3 is 1. The third-order valence-corrected chi connectivity index (χ3v) is 4.25. The van der Waals surface area contributed by atoms with Crippen molar-refractivity contribution in [1.29, 1.82) is 0 Å². The van der Waals surface area contributed by atoms with E-state index in [2.05, 4.69) is 25.7 Å². The normalized spacial score (nSPS) is 13.1. The van der Waals surface area contributed by atoms with Gasteiger partial charge in [0.1, 0.15) is 5.82 Å². The Hall–Kier alpha value is -3.01. The first kappa shape index (κ1) is 18.8. The van der Waals surface area contributed by atoms with Crippen LogP contribution in [0.1, 0.15) is 29.8 Å². The molecule has 0 atom stereocenters. The van der Waals surface area contributed by atoms with Gasteiger partial charge >= 0.3 is 11.8 Å². The van der Waals surface area contributed by atoms with Crippen LogP contribution in [-0.4, -0.2) is 51.8 Å². The fourth-order valence-electron chi connectivity index (χ4n) is 2.96. The standard InChI is InChI=1S/C17H22N6O4/c1-10-9-13(20-16(26)15(25)18-7-8-27-2)23(22-10)17-19-12-6-4-3-5-11(12)14(24)21-17/h9H,3-8H2,1-2H3,(H,18,25)(H,20,26)(H,19,21,24). The summed E-state index contributed by atoms with van der Waals surface area (Å²) in [6.07, 6.45) is 3.39. The fraction of sp³-hybridized carbons (Fsp3) is 0.471. The van der Waals surface area contributed by atoms with Crippen LogP contribution >= 0.6 is 0 Å². The molecule has 144 valence electrons. The van der Waals surface area contributed by atoms with E-state index in [0.717, 1.165) is 25.0 Å². The molecular formula is C17H22N6O4. The van der Waals surface area contributed by atoms with E-state index in [1.807, 2.05) is 0 Å². The number of carbonyl (C=O) groups is 2. The number of ether oxygens (including phenoxy) is 1. The number of aromatic nitrogens is 4. The monoisotopic (exact) mass is 374 g/mol. The SMILES string of the molecule is COCCNC(=O)C(=O)Nc1cc(C)nn1-c1nc2c(c(=O)[nH]1)CCCC2. The van der Waals surface area contributed by atoms with Crippen molar-refractivity contribution in [2.75, 3.05) is 25.6 Å². The van der Waals surface area contributed by atoms with Gasteiger partial charge in [0.15, 0.2) is 0 Å². The highest BCUT2D eigenvalue weighted by molar-refractivity contribution is 6.39. The number of nitrogens with one attached hydrogen (secondary N) is 3. The van der Waals surface area contributed by atoms with Gasteiger partial charge in [-0.1, -0.05) is 0 Å². The number of rotatable bonds is 5. The number of fused-ring (bicyclic) bond motifs is 1. The quantitative estimate of drug-likeness (QED) is 0.492. The maximum absolute atomic E-state index is 12.4. The molecule has 0 aliphatic heterocycles. The Bertz CT molecular complexity index is 917. The highest BCUT2D eigenvalue weighted by Crippen LogP contribution is 2.19. The van der Waals surface area contributed by atoms with Crippen LogP contribution in [0.4, 0.5) is 5.82 Å². The summed E-state index contributed by atoms with van der Waals surface area (Å²) in [5.41, 5.74) is 1.86. The Morgan fingerprint density at radius 3 is 2.85 bits per heavy atom. The second-order valence-electron chi connectivity index (χ2n) is 6.31. The summed E-state index contributed by atoms with van der Waals surface area (Å²) in [6.45, 7) is 2.26. The molecule has 10 nitrogen and oxygen atoms in total. The number of carbonyl (C=O) groups excluding carboxylic acids is 2. The average molecular weight is 374 g/mol. The molecule has 3 N–H and O–H groups in total. The molecule has 0 radical (unpaired) electrons. The van der Waals surface area contributed by atoms with Crippen molar-refractivity contribution in [3.05, 3.63) is 33.4 Å². The van der Waals surface area contributed by atoms with Crippen molar-refractivity contribution < 1.29 is 14.3 Å². The van der Waals surface area contributed by atoms with E-state index in [9.17, 15) is 14.4 Å².